The number of imidazole rings is 1. The van der Waals surface area contributed by atoms with E-state index in [-0.39, 0.29) is 6.61 Å². The molecule has 0 bridgehead atoms. The molecule has 0 aliphatic heterocycles. The van der Waals surface area contributed by atoms with Crippen molar-refractivity contribution in [2.24, 2.45) is 0 Å². The van der Waals surface area contributed by atoms with E-state index in [0.29, 0.717) is 44.0 Å². The molecule has 8 heteroatoms. The van der Waals surface area contributed by atoms with Crippen LogP contribution < -0.4 is 9.47 Å². The number of methoxy groups -OCH3 is 2. The van der Waals surface area contributed by atoms with Crippen LogP contribution in [-0.2, 0) is 4.74 Å². The smallest absolute Gasteiger partial charge is 0.350 e. The zero-order valence-electron chi connectivity index (χ0n) is 14.9. The van der Waals surface area contributed by atoms with E-state index >= 15 is 0 Å². The largest absolute Gasteiger partial charge is 0.497 e. The highest BCUT2D eigenvalue weighted by Crippen LogP contribution is 2.37. The maximum Gasteiger partial charge on any atom is 0.350 e. The van der Waals surface area contributed by atoms with Crippen LogP contribution in [0.25, 0.3) is 16.2 Å². The average Bonchev–Trinajstić information content (AvgIpc) is 3.17. The van der Waals surface area contributed by atoms with E-state index in [2.05, 4.69) is 4.98 Å². The number of hydrogen-bond acceptors (Lipinski definition) is 7. The second-order valence-corrected chi connectivity index (χ2v) is 6.36. The topological polar surface area (TPSA) is 79.1 Å². The first-order valence-corrected chi connectivity index (χ1v) is 8.73. The van der Waals surface area contributed by atoms with Crippen LogP contribution in [0.2, 0.25) is 0 Å². The number of aryl methyl sites for hydroxylation is 1. The standard InChI is InChI=1S/C18H18N2O5S/c1-5-25-17(22)16-10(2)20-13(9-21)15(19-18(20)26-16)12-8-11(23-3)6-7-14(12)24-4/h6-9H,5H2,1-4H3. The lowest BCUT2D eigenvalue weighted by atomic mass is 10.1. The summed E-state index contributed by atoms with van der Waals surface area (Å²) < 4.78 is 17.4. The highest BCUT2D eigenvalue weighted by Gasteiger charge is 2.24. The molecule has 0 N–H and O–H groups in total. The van der Waals surface area contributed by atoms with E-state index in [4.69, 9.17) is 14.2 Å². The first-order valence-electron chi connectivity index (χ1n) is 7.92. The van der Waals surface area contributed by atoms with Crippen LogP contribution in [0.15, 0.2) is 18.2 Å². The summed E-state index contributed by atoms with van der Waals surface area (Å²) in [6.45, 7) is 3.79. The Morgan fingerprint density at radius 2 is 2.08 bits per heavy atom. The SMILES string of the molecule is CCOC(=O)c1sc2nc(-c3cc(OC)ccc3OC)c(C=O)n2c1C. The van der Waals surface area contributed by atoms with E-state index in [0.717, 1.165) is 6.29 Å². The van der Waals surface area contributed by atoms with Gasteiger partial charge in [-0.3, -0.25) is 9.20 Å². The second-order valence-electron chi connectivity index (χ2n) is 5.38. The first-order chi connectivity index (χ1) is 12.5. The number of carbonyl (C=O) groups excluding carboxylic acids is 2. The Labute approximate surface area is 154 Å². The van der Waals surface area contributed by atoms with Crippen LogP contribution in [0.3, 0.4) is 0 Å². The number of fused-ring (bicyclic) bond motifs is 1. The van der Waals surface area contributed by atoms with Gasteiger partial charge in [-0.15, -0.1) is 0 Å². The summed E-state index contributed by atoms with van der Waals surface area (Å²) in [5.41, 5.74) is 2.07. The lowest BCUT2D eigenvalue weighted by molar-refractivity contribution is 0.0530. The van der Waals surface area contributed by atoms with Gasteiger partial charge in [-0.05, 0) is 32.0 Å². The maximum atomic E-state index is 12.1. The third kappa shape index (κ3) is 2.82. The number of esters is 1. The van der Waals surface area contributed by atoms with Crippen LogP contribution in [-0.4, -0.2) is 42.5 Å². The summed E-state index contributed by atoms with van der Waals surface area (Å²) >= 11 is 1.19. The molecule has 0 atom stereocenters. The Kier molecular flexibility index (Phi) is 4.94. The molecule has 0 unspecified atom stereocenters. The number of rotatable bonds is 6. The lowest BCUT2D eigenvalue weighted by Crippen LogP contribution is -2.05. The van der Waals surface area contributed by atoms with Crippen molar-refractivity contribution in [3.8, 4) is 22.8 Å². The molecule has 7 nitrogen and oxygen atoms in total. The molecule has 0 amide bonds. The van der Waals surface area contributed by atoms with E-state index < -0.39 is 5.97 Å². The third-order valence-electron chi connectivity index (χ3n) is 3.97. The molecule has 2 aromatic heterocycles. The molecular weight excluding hydrogens is 356 g/mol. The van der Waals surface area contributed by atoms with Crippen molar-refractivity contribution in [1.29, 1.82) is 0 Å². The normalized spacial score (nSPS) is 10.8. The van der Waals surface area contributed by atoms with Gasteiger partial charge in [0.1, 0.15) is 27.8 Å². The number of aldehydes is 1. The Morgan fingerprint density at radius 3 is 2.69 bits per heavy atom. The summed E-state index contributed by atoms with van der Waals surface area (Å²) in [5.74, 6) is 0.777. The Hall–Kier alpha value is -2.87. The second kappa shape index (κ2) is 7.17. The Morgan fingerprint density at radius 1 is 1.31 bits per heavy atom. The highest BCUT2D eigenvalue weighted by molar-refractivity contribution is 7.19. The van der Waals surface area contributed by atoms with Gasteiger partial charge in [0, 0.05) is 11.3 Å². The van der Waals surface area contributed by atoms with Crippen molar-refractivity contribution in [3.63, 3.8) is 0 Å². The number of carbonyl (C=O) groups is 2. The molecule has 26 heavy (non-hydrogen) atoms. The minimum Gasteiger partial charge on any atom is -0.497 e. The number of ether oxygens (including phenoxy) is 3. The predicted octanol–water partition coefficient (Wildman–Crippen LogP) is 3.38. The Bertz CT molecular complexity index is 989. The van der Waals surface area contributed by atoms with Gasteiger partial charge in [-0.25, -0.2) is 9.78 Å². The van der Waals surface area contributed by atoms with Gasteiger partial charge in [-0.1, -0.05) is 11.3 Å². The molecular formula is C18H18N2O5S. The molecule has 0 radical (unpaired) electrons. The molecule has 0 aliphatic carbocycles. The summed E-state index contributed by atoms with van der Waals surface area (Å²) in [4.78, 5) is 29.5. The van der Waals surface area contributed by atoms with E-state index in [1.165, 1.54) is 11.3 Å². The number of thiazole rings is 1. The molecule has 0 aliphatic rings. The highest BCUT2D eigenvalue weighted by atomic mass is 32.1. The van der Waals surface area contributed by atoms with Crippen molar-refractivity contribution in [2.45, 2.75) is 13.8 Å². The maximum absolute atomic E-state index is 12.1. The van der Waals surface area contributed by atoms with Crippen molar-refractivity contribution in [3.05, 3.63) is 34.5 Å². The minimum atomic E-state index is -0.419. The van der Waals surface area contributed by atoms with Gasteiger partial charge in [0.15, 0.2) is 11.2 Å². The number of benzene rings is 1. The van der Waals surface area contributed by atoms with E-state index in [1.807, 2.05) is 0 Å². The quantitative estimate of drug-likeness (QED) is 0.486. The fourth-order valence-electron chi connectivity index (χ4n) is 2.76. The van der Waals surface area contributed by atoms with Crippen LogP contribution in [0, 0.1) is 6.92 Å². The zero-order valence-corrected chi connectivity index (χ0v) is 15.7. The molecule has 3 rings (SSSR count). The van der Waals surface area contributed by atoms with Crippen molar-refractivity contribution >= 4 is 28.6 Å². The summed E-state index contributed by atoms with van der Waals surface area (Å²) in [6.07, 6.45) is 0.725. The van der Waals surface area contributed by atoms with Gasteiger partial charge in [0.25, 0.3) is 0 Å². The fourth-order valence-corrected chi connectivity index (χ4v) is 3.79. The van der Waals surface area contributed by atoms with Crippen LogP contribution in [0.4, 0.5) is 0 Å². The predicted molar refractivity (Wildman–Crippen MR) is 97.7 cm³/mol. The van der Waals surface area contributed by atoms with Crippen LogP contribution >= 0.6 is 11.3 Å². The average molecular weight is 374 g/mol. The van der Waals surface area contributed by atoms with Crippen LogP contribution in [0.5, 0.6) is 11.5 Å². The van der Waals surface area contributed by atoms with E-state index in [9.17, 15) is 9.59 Å². The zero-order chi connectivity index (χ0) is 18.8. The monoisotopic (exact) mass is 374 g/mol. The Balaban J connectivity index is 2.23. The van der Waals surface area contributed by atoms with Crippen molar-refractivity contribution < 1.29 is 23.8 Å². The number of nitrogens with zero attached hydrogens (tertiary/aromatic N) is 2. The summed E-state index contributed by atoms with van der Waals surface area (Å²) in [6, 6.07) is 5.29. The van der Waals surface area contributed by atoms with Crippen molar-refractivity contribution in [2.75, 3.05) is 20.8 Å². The minimum absolute atomic E-state index is 0.283. The van der Waals surface area contributed by atoms with Gasteiger partial charge < -0.3 is 14.2 Å². The third-order valence-corrected chi connectivity index (χ3v) is 5.10. The first kappa shape index (κ1) is 17.9. The number of hydrogen-bond donors (Lipinski definition) is 0. The van der Waals surface area contributed by atoms with Crippen LogP contribution in [0.1, 0.15) is 32.8 Å². The number of aromatic nitrogens is 2. The molecule has 1 aromatic carbocycles. The molecule has 0 fully saturated rings. The van der Waals surface area contributed by atoms with Gasteiger partial charge in [-0.2, -0.15) is 0 Å². The fraction of sp³-hybridized carbons (Fsp3) is 0.278. The molecule has 3 aromatic rings. The lowest BCUT2D eigenvalue weighted by Gasteiger charge is -2.09. The van der Waals surface area contributed by atoms with E-state index in [1.54, 1.807) is 50.7 Å². The van der Waals surface area contributed by atoms with Gasteiger partial charge in [0.05, 0.1) is 20.8 Å². The molecule has 0 spiro atoms. The summed E-state index contributed by atoms with van der Waals surface area (Å²) in [7, 11) is 3.11. The molecule has 136 valence electrons. The van der Waals surface area contributed by atoms with Gasteiger partial charge >= 0.3 is 5.97 Å². The van der Waals surface area contributed by atoms with Crippen molar-refractivity contribution in [1.82, 2.24) is 9.38 Å². The van der Waals surface area contributed by atoms with Gasteiger partial charge in [0.2, 0.25) is 0 Å². The summed E-state index contributed by atoms with van der Waals surface area (Å²) in [5, 5.41) is 0. The molecule has 0 saturated heterocycles. The molecule has 2 heterocycles. The molecule has 0 saturated carbocycles.